The summed E-state index contributed by atoms with van der Waals surface area (Å²) in [7, 11) is 0. The van der Waals surface area contributed by atoms with Gasteiger partial charge in [-0.25, -0.2) is 4.79 Å². The molecule has 0 bridgehead atoms. The van der Waals surface area contributed by atoms with Crippen molar-refractivity contribution in [3.63, 3.8) is 0 Å². The molecule has 0 aliphatic carbocycles. The third-order valence-corrected chi connectivity index (χ3v) is 3.08. The quantitative estimate of drug-likeness (QED) is 0.753. The van der Waals surface area contributed by atoms with E-state index < -0.39 is 5.97 Å². The molecule has 0 unspecified atom stereocenters. The molecule has 0 radical (unpaired) electrons. The summed E-state index contributed by atoms with van der Waals surface area (Å²) in [5, 5.41) is 14.9. The number of hydrogen-bond donors (Lipinski definition) is 3. The summed E-state index contributed by atoms with van der Waals surface area (Å²) in [6.07, 6.45) is 0. The Morgan fingerprint density at radius 2 is 2.33 bits per heavy atom. The summed E-state index contributed by atoms with van der Waals surface area (Å²) in [4.78, 5) is 11.5. The van der Waals surface area contributed by atoms with Gasteiger partial charge in [-0.3, -0.25) is 5.10 Å². The van der Waals surface area contributed by atoms with Gasteiger partial charge in [0.25, 0.3) is 0 Å². The molecule has 0 aliphatic rings. The predicted molar refractivity (Wildman–Crippen MR) is 58.3 cm³/mol. The van der Waals surface area contributed by atoms with Gasteiger partial charge in [0.1, 0.15) is 0 Å². The molecule has 0 aromatic carbocycles. The first kappa shape index (κ1) is 10.0. The maximum Gasteiger partial charge on any atom is 0.354 e. The second-order valence-electron chi connectivity index (χ2n) is 2.77. The maximum absolute atomic E-state index is 10.9. The normalized spacial score (nSPS) is 10.5. The Bertz CT molecular complexity index is 520. The molecule has 78 valence electrons. The Balaban J connectivity index is 2.60. The monoisotopic (exact) mass is 243 g/mol. The van der Waals surface area contributed by atoms with Crippen molar-refractivity contribution in [3.8, 4) is 10.4 Å². The number of nitrogens with zero attached hydrogens (tertiary/aromatic N) is 1. The minimum absolute atomic E-state index is 0.0222. The van der Waals surface area contributed by atoms with Gasteiger partial charge in [0, 0.05) is 4.88 Å². The van der Waals surface area contributed by atoms with Crippen molar-refractivity contribution in [1.29, 1.82) is 0 Å². The lowest BCUT2D eigenvalue weighted by Crippen LogP contribution is -1.98. The van der Waals surface area contributed by atoms with Gasteiger partial charge in [-0.2, -0.15) is 5.10 Å². The number of carboxylic acids is 1. The minimum atomic E-state index is -1.10. The molecule has 0 amide bonds. The van der Waals surface area contributed by atoms with Crippen LogP contribution >= 0.6 is 22.9 Å². The molecule has 2 aromatic heterocycles. The number of thiophene rings is 1. The molecule has 0 saturated heterocycles. The van der Waals surface area contributed by atoms with Crippen molar-refractivity contribution in [1.82, 2.24) is 10.2 Å². The van der Waals surface area contributed by atoms with Crippen molar-refractivity contribution >= 4 is 34.7 Å². The molecular weight excluding hydrogens is 238 g/mol. The zero-order valence-corrected chi connectivity index (χ0v) is 8.89. The van der Waals surface area contributed by atoms with Gasteiger partial charge in [0.05, 0.1) is 9.90 Å². The fourth-order valence-corrected chi connectivity index (χ4v) is 2.31. The number of aromatic nitrogens is 2. The number of nitrogens with two attached hydrogens (primary N) is 1. The smallest absolute Gasteiger partial charge is 0.354 e. The summed E-state index contributed by atoms with van der Waals surface area (Å²) >= 11 is 7.01. The average Bonchev–Trinajstić information content (AvgIpc) is 2.71. The molecule has 2 heterocycles. The van der Waals surface area contributed by atoms with Gasteiger partial charge in [-0.15, -0.1) is 11.3 Å². The maximum atomic E-state index is 10.9. The topological polar surface area (TPSA) is 92.0 Å². The zero-order chi connectivity index (χ0) is 11.0. The van der Waals surface area contributed by atoms with Gasteiger partial charge >= 0.3 is 5.97 Å². The highest BCUT2D eigenvalue weighted by Gasteiger charge is 2.19. The molecule has 5 nitrogen and oxygen atoms in total. The number of halogens is 1. The number of nitrogen functional groups attached to an aromatic ring is 1. The van der Waals surface area contributed by atoms with E-state index in [9.17, 15) is 4.79 Å². The SMILES string of the molecule is Nc1n[nH]c(C(=O)O)c1-c1ccc(Cl)s1. The summed E-state index contributed by atoms with van der Waals surface area (Å²) in [6, 6.07) is 3.39. The molecule has 15 heavy (non-hydrogen) atoms. The molecule has 0 spiro atoms. The van der Waals surface area contributed by atoms with Crippen molar-refractivity contribution in [2.24, 2.45) is 0 Å². The van der Waals surface area contributed by atoms with Crippen molar-refractivity contribution < 1.29 is 9.90 Å². The van der Waals surface area contributed by atoms with Crippen LogP contribution in [0.15, 0.2) is 12.1 Å². The highest BCUT2D eigenvalue weighted by molar-refractivity contribution is 7.19. The first-order chi connectivity index (χ1) is 7.09. The van der Waals surface area contributed by atoms with E-state index in [0.717, 1.165) is 0 Å². The van der Waals surface area contributed by atoms with Gasteiger partial charge in [-0.05, 0) is 12.1 Å². The predicted octanol–water partition coefficient (Wildman–Crippen LogP) is 2.07. The highest BCUT2D eigenvalue weighted by atomic mass is 35.5. The van der Waals surface area contributed by atoms with Crippen molar-refractivity contribution in [3.05, 3.63) is 22.2 Å². The third kappa shape index (κ3) is 1.69. The van der Waals surface area contributed by atoms with Crippen LogP contribution < -0.4 is 5.73 Å². The lowest BCUT2D eigenvalue weighted by molar-refractivity contribution is 0.0691. The van der Waals surface area contributed by atoms with Crippen LogP contribution in [0, 0.1) is 0 Å². The van der Waals surface area contributed by atoms with Crippen LogP contribution in [0.5, 0.6) is 0 Å². The number of H-pyrrole nitrogens is 1. The van der Waals surface area contributed by atoms with Crippen LogP contribution in [0.25, 0.3) is 10.4 Å². The second kappa shape index (κ2) is 3.56. The summed E-state index contributed by atoms with van der Waals surface area (Å²) in [5.74, 6) is -0.940. The van der Waals surface area contributed by atoms with Gasteiger partial charge < -0.3 is 10.8 Å². The van der Waals surface area contributed by atoms with Crippen molar-refractivity contribution in [2.45, 2.75) is 0 Å². The number of hydrogen-bond acceptors (Lipinski definition) is 4. The number of rotatable bonds is 2. The number of anilines is 1. The summed E-state index contributed by atoms with van der Waals surface area (Å²) < 4.78 is 0.571. The van der Waals surface area contributed by atoms with Crippen LogP contribution in [0.3, 0.4) is 0 Å². The first-order valence-corrected chi connectivity index (χ1v) is 5.12. The Hall–Kier alpha value is -1.53. The van der Waals surface area contributed by atoms with Gasteiger partial charge in [0.15, 0.2) is 11.5 Å². The number of carbonyl (C=O) groups is 1. The molecule has 4 N–H and O–H groups in total. The Kier molecular flexibility index (Phi) is 2.37. The van der Waals surface area contributed by atoms with Crippen LogP contribution in [-0.2, 0) is 0 Å². The largest absolute Gasteiger partial charge is 0.477 e. The lowest BCUT2D eigenvalue weighted by Gasteiger charge is -1.95. The van der Waals surface area contributed by atoms with E-state index >= 15 is 0 Å². The molecule has 0 fully saturated rings. The number of carboxylic acid groups (broad SMARTS) is 1. The molecule has 0 aliphatic heterocycles. The molecule has 0 saturated carbocycles. The molecule has 2 aromatic rings. The van der Waals surface area contributed by atoms with E-state index in [4.69, 9.17) is 22.4 Å². The molecule has 0 atom stereocenters. The summed E-state index contributed by atoms with van der Waals surface area (Å²) in [5.41, 5.74) is 5.94. The Morgan fingerprint density at radius 3 is 2.87 bits per heavy atom. The zero-order valence-electron chi connectivity index (χ0n) is 7.32. The third-order valence-electron chi connectivity index (χ3n) is 1.83. The molecule has 2 rings (SSSR count). The Morgan fingerprint density at radius 1 is 1.60 bits per heavy atom. The highest BCUT2D eigenvalue weighted by Crippen LogP contribution is 2.35. The minimum Gasteiger partial charge on any atom is -0.477 e. The van der Waals surface area contributed by atoms with Crippen LogP contribution in [-0.4, -0.2) is 21.3 Å². The van der Waals surface area contributed by atoms with E-state index in [1.54, 1.807) is 12.1 Å². The van der Waals surface area contributed by atoms with Crippen LogP contribution in [0.4, 0.5) is 5.82 Å². The fraction of sp³-hybridized carbons (Fsp3) is 0. The first-order valence-electron chi connectivity index (χ1n) is 3.92. The number of aromatic amines is 1. The Labute approximate surface area is 93.5 Å². The van der Waals surface area contributed by atoms with Crippen LogP contribution in [0.1, 0.15) is 10.5 Å². The van der Waals surface area contributed by atoms with Gasteiger partial charge in [0.2, 0.25) is 0 Å². The molecular formula is C8H6ClN3O2S. The summed E-state index contributed by atoms with van der Waals surface area (Å²) in [6.45, 7) is 0. The standard InChI is InChI=1S/C8H6ClN3O2S/c9-4-2-1-3(15-4)5-6(8(13)14)11-12-7(5)10/h1-2H,(H,13,14)(H3,10,11,12). The lowest BCUT2D eigenvalue weighted by atomic mass is 10.2. The van der Waals surface area contributed by atoms with Crippen LogP contribution in [0.2, 0.25) is 4.34 Å². The van der Waals surface area contributed by atoms with E-state index in [1.165, 1.54) is 11.3 Å². The average molecular weight is 244 g/mol. The van der Waals surface area contributed by atoms with E-state index in [1.807, 2.05) is 0 Å². The van der Waals surface area contributed by atoms with Gasteiger partial charge in [-0.1, -0.05) is 11.6 Å². The number of nitrogens with one attached hydrogen (secondary N) is 1. The number of aromatic carboxylic acids is 1. The van der Waals surface area contributed by atoms with Crippen molar-refractivity contribution in [2.75, 3.05) is 5.73 Å². The fourth-order valence-electron chi connectivity index (χ4n) is 1.21. The van der Waals surface area contributed by atoms with E-state index in [0.29, 0.717) is 14.8 Å². The molecule has 7 heteroatoms. The second-order valence-corrected chi connectivity index (χ2v) is 4.48. The van der Waals surface area contributed by atoms with E-state index in [2.05, 4.69) is 10.2 Å². The van der Waals surface area contributed by atoms with E-state index in [-0.39, 0.29) is 11.5 Å².